The van der Waals surface area contributed by atoms with E-state index in [0.29, 0.717) is 12.2 Å². The Hall–Kier alpha value is -1.15. The highest BCUT2D eigenvalue weighted by Crippen LogP contribution is 2.16. The summed E-state index contributed by atoms with van der Waals surface area (Å²) in [4.78, 5) is 11.9. The van der Waals surface area contributed by atoms with Crippen LogP contribution in [0.2, 0.25) is 0 Å². The first-order valence-electron chi connectivity index (χ1n) is 5.56. The molecule has 1 aromatic rings. The molecule has 0 amide bonds. The Morgan fingerprint density at radius 3 is 2.53 bits per heavy atom. The first-order valence-corrected chi connectivity index (χ1v) is 5.56. The number of nitrogens with zero attached hydrogens (tertiary/aromatic N) is 1. The van der Waals surface area contributed by atoms with Crippen LogP contribution in [0.4, 0.5) is 0 Å². The Bertz CT molecular complexity index is 315. The maximum absolute atomic E-state index is 11.9. The maximum atomic E-state index is 11.9. The molecule has 2 heteroatoms. The van der Waals surface area contributed by atoms with E-state index in [4.69, 9.17) is 0 Å². The number of rotatable bonds is 3. The van der Waals surface area contributed by atoms with Crippen LogP contribution >= 0.6 is 0 Å². The summed E-state index contributed by atoms with van der Waals surface area (Å²) in [5.41, 5.74) is 1.13. The molecule has 15 heavy (non-hydrogen) atoms. The molecule has 1 radical (unpaired) electrons. The molecule has 0 N–H and O–H groups in total. The van der Waals surface area contributed by atoms with Gasteiger partial charge in [-0.1, -0.05) is 30.3 Å². The van der Waals surface area contributed by atoms with E-state index in [1.165, 1.54) is 0 Å². The fourth-order valence-electron chi connectivity index (χ4n) is 2.01. The van der Waals surface area contributed by atoms with Crippen LogP contribution < -0.4 is 5.32 Å². The van der Waals surface area contributed by atoms with Crippen molar-refractivity contribution in [1.29, 1.82) is 0 Å². The van der Waals surface area contributed by atoms with E-state index >= 15 is 0 Å². The van der Waals surface area contributed by atoms with Crippen LogP contribution in [-0.4, -0.2) is 18.9 Å². The Labute approximate surface area is 90.7 Å². The topological polar surface area (TPSA) is 31.2 Å². The summed E-state index contributed by atoms with van der Waals surface area (Å²) in [5, 5.41) is 4.26. The Morgan fingerprint density at radius 2 is 1.87 bits per heavy atom. The van der Waals surface area contributed by atoms with E-state index in [2.05, 4.69) is 5.32 Å². The minimum Gasteiger partial charge on any atom is -0.299 e. The molecule has 0 bridgehead atoms. The van der Waals surface area contributed by atoms with Gasteiger partial charge in [-0.25, -0.2) is 5.32 Å². The van der Waals surface area contributed by atoms with Crippen LogP contribution in [0.3, 0.4) is 0 Å². The zero-order chi connectivity index (χ0) is 10.5. The van der Waals surface area contributed by atoms with Gasteiger partial charge in [0.1, 0.15) is 5.78 Å². The highest BCUT2D eigenvalue weighted by Gasteiger charge is 2.20. The molecule has 0 spiro atoms. The van der Waals surface area contributed by atoms with Crippen molar-refractivity contribution in [2.24, 2.45) is 5.92 Å². The molecule has 0 atom stereocenters. The molecule has 79 valence electrons. The number of Topliss-reactive ketones (excluding diaryl/α,β-unsaturated/α-hetero) is 1. The Balaban J connectivity index is 1.91. The van der Waals surface area contributed by atoms with Crippen LogP contribution in [0.1, 0.15) is 18.4 Å². The van der Waals surface area contributed by atoms with Gasteiger partial charge in [0.2, 0.25) is 0 Å². The average Bonchev–Trinajstić information content (AvgIpc) is 2.31. The van der Waals surface area contributed by atoms with Crippen molar-refractivity contribution in [3.63, 3.8) is 0 Å². The third-order valence-corrected chi connectivity index (χ3v) is 2.95. The maximum Gasteiger partial charge on any atom is 0.140 e. The third-order valence-electron chi connectivity index (χ3n) is 2.95. The number of hydrogen-bond acceptors (Lipinski definition) is 1. The fourth-order valence-corrected chi connectivity index (χ4v) is 2.01. The summed E-state index contributed by atoms with van der Waals surface area (Å²) in [5.74, 6) is 0.638. The number of hydrogen-bond donors (Lipinski definition) is 0. The molecule has 1 heterocycles. The largest absolute Gasteiger partial charge is 0.299 e. The van der Waals surface area contributed by atoms with Crippen molar-refractivity contribution in [3.8, 4) is 0 Å². The van der Waals surface area contributed by atoms with E-state index in [-0.39, 0.29) is 5.92 Å². The van der Waals surface area contributed by atoms with Crippen molar-refractivity contribution >= 4 is 5.78 Å². The van der Waals surface area contributed by atoms with Crippen LogP contribution in [0.5, 0.6) is 0 Å². The molecule has 1 aliphatic rings. The second-order valence-corrected chi connectivity index (χ2v) is 4.07. The summed E-state index contributed by atoms with van der Waals surface area (Å²) in [7, 11) is 0. The molecule has 0 saturated carbocycles. The first kappa shape index (κ1) is 10.4. The van der Waals surface area contributed by atoms with Crippen molar-refractivity contribution in [2.45, 2.75) is 19.3 Å². The number of carbonyl (C=O) groups is 1. The standard InChI is InChI=1S/C13H16NO/c15-13(12-6-8-14-9-7-12)10-11-4-2-1-3-5-11/h1-5,12H,6-10H2. The summed E-state index contributed by atoms with van der Waals surface area (Å²) in [6.07, 6.45) is 2.49. The van der Waals surface area contributed by atoms with Crippen molar-refractivity contribution in [3.05, 3.63) is 35.9 Å². The lowest BCUT2D eigenvalue weighted by Crippen LogP contribution is -2.28. The quantitative estimate of drug-likeness (QED) is 0.735. The lowest BCUT2D eigenvalue weighted by molar-refractivity contribution is -0.122. The molecule has 2 rings (SSSR count). The van der Waals surface area contributed by atoms with Gasteiger partial charge in [0.15, 0.2) is 0 Å². The van der Waals surface area contributed by atoms with Gasteiger partial charge in [0.05, 0.1) is 0 Å². The molecule has 0 aliphatic carbocycles. The summed E-state index contributed by atoms with van der Waals surface area (Å²) >= 11 is 0. The molecule has 0 unspecified atom stereocenters. The van der Waals surface area contributed by atoms with E-state index < -0.39 is 0 Å². The van der Waals surface area contributed by atoms with Crippen LogP contribution in [0, 0.1) is 5.92 Å². The van der Waals surface area contributed by atoms with Crippen molar-refractivity contribution < 1.29 is 4.79 Å². The van der Waals surface area contributed by atoms with E-state index in [1.807, 2.05) is 30.3 Å². The van der Waals surface area contributed by atoms with E-state index in [1.54, 1.807) is 0 Å². The number of benzene rings is 1. The molecular weight excluding hydrogens is 186 g/mol. The normalized spacial score (nSPS) is 17.6. The average molecular weight is 202 g/mol. The smallest absolute Gasteiger partial charge is 0.140 e. The Kier molecular flexibility index (Phi) is 3.51. The molecule has 0 aromatic heterocycles. The summed E-state index contributed by atoms with van der Waals surface area (Å²) < 4.78 is 0. The highest BCUT2D eigenvalue weighted by molar-refractivity contribution is 5.83. The molecule has 1 saturated heterocycles. The highest BCUT2D eigenvalue weighted by atomic mass is 16.1. The van der Waals surface area contributed by atoms with Crippen molar-refractivity contribution in [1.82, 2.24) is 5.32 Å². The lowest BCUT2D eigenvalue weighted by atomic mass is 9.90. The zero-order valence-corrected chi connectivity index (χ0v) is 8.86. The number of piperidine rings is 1. The van der Waals surface area contributed by atoms with Crippen LogP contribution in [0.15, 0.2) is 30.3 Å². The van der Waals surface area contributed by atoms with Gasteiger partial charge in [-0.2, -0.15) is 0 Å². The lowest BCUT2D eigenvalue weighted by Gasteiger charge is -2.20. The minimum atomic E-state index is 0.253. The molecule has 2 nitrogen and oxygen atoms in total. The molecule has 1 fully saturated rings. The van der Waals surface area contributed by atoms with Crippen LogP contribution in [-0.2, 0) is 11.2 Å². The molecular formula is C13H16NO. The first-order chi connectivity index (χ1) is 7.36. The van der Waals surface area contributed by atoms with E-state index in [9.17, 15) is 4.79 Å². The minimum absolute atomic E-state index is 0.253. The van der Waals surface area contributed by atoms with Crippen molar-refractivity contribution in [2.75, 3.05) is 13.1 Å². The van der Waals surface area contributed by atoms with E-state index in [0.717, 1.165) is 31.5 Å². The predicted molar refractivity (Wildman–Crippen MR) is 59.7 cm³/mol. The number of carbonyl (C=O) groups excluding carboxylic acids is 1. The van der Waals surface area contributed by atoms with Gasteiger partial charge in [0, 0.05) is 25.4 Å². The van der Waals surface area contributed by atoms with Gasteiger partial charge in [0.25, 0.3) is 0 Å². The second-order valence-electron chi connectivity index (χ2n) is 4.07. The second kappa shape index (κ2) is 5.08. The SMILES string of the molecule is O=C(Cc1ccccc1)C1CC[N]CC1. The molecule has 1 aliphatic heterocycles. The third kappa shape index (κ3) is 2.90. The van der Waals surface area contributed by atoms with Crippen LogP contribution in [0.25, 0.3) is 0 Å². The summed E-state index contributed by atoms with van der Waals surface area (Å²) in [6.45, 7) is 1.73. The van der Waals surface area contributed by atoms with Gasteiger partial charge < -0.3 is 0 Å². The fraction of sp³-hybridized carbons (Fsp3) is 0.462. The van der Waals surface area contributed by atoms with Gasteiger partial charge in [-0.05, 0) is 18.4 Å². The van der Waals surface area contributed by atoms with Gasteiger partial charge in [-0.15, -0.1) is 0 Å². The van der Waals surface area contributed by atoms with Gasteiger partial charge in [-0.3, -0.25) is 4.79 Å². The Morgan fingerprint density at radius 1 is 1.20 bits per heavy atom. The predicted octanol–water partition coefficient (Wildman–Crippen LogP) is 1.81. The van der Waals surface area contributed by atoms with Gasteiger partial charge >= 0.3 is 0 Å². The number of ketones is 1. The molecule has 1 aromatic carbocycles. The zero-order valence-electron chi connectivity index (χ0n) is 8.86. The monoisotopic (exact) mass is 202 g/mol. The summed E-state index contributed by atoms with van der Waals surface area (Å²) in [6, 6.07) is 9.99.